The van der Waals surface area contributed by atoms with Crippen molar-refractivity contribution in [3.63, 3.8) is 0 Å². The first-order chi connectivity index (χ1) is 8.70. The van der Waals surface area contributed by atoms with E-state index in [4.69, 9.17) is 23.2 Å². The Morgan fingerprint density at radius 3 is 2.44 bits per heavy atom. The fraction of sp³-hybridized carbons (Fsp3) is 0.214. The summed E-state index contributed by atoms with van der Waals surface area (Å²) in [7, 11) is 0. The average molecular weight is 281 g/mol. The second-order valence-corrected chi connectivity index (χ2v) is 4.83. The highest BCUT2D eigenvalue weighted by atomic mass is 35.5. The molecular formula is C14H14Cl2N2. The molecule has 18 heavy (non-hydrogen) atoms. The fourth-order valence-electron chi connectivity index (χ4n) is 1.80. The topological polar surface area (TPSA) is 24.9 Å². The van der Waals surface area contributed by atoms with Crippen LogP contribution in [-0.2, 0) is 0 Å². The van der Waals surface area contributed by atoms with Crippen molar-refractivity contribution in [1.29, 1.82) is 0 Å². The second-order valence-electron chi connectivity index (χ2n) is 4.01. The van der Waals surface area contributed by atoms with E-state index in [1.165, 1.54) is 5.56 Å². The molecule has 1 unspecified atom stereocenters. The van der Waals surface area contributed by atoms with Gasteiger partial charge in [0.1, 0.15) is 0 Å². The van der Waals surface area contributed by atoms with Gasteiger partial charge in [0.15, 0.2) is 0 Å². The molecule has 0 bridgehead atoms. The van der Waals surface area contributed by atoms with E-state index >= 15 is 0 Å². The molecule has 1 N–H and O–H groups in total. The summed E-state index contributed by atoms with van der Waals surface area (Å²) in [6.07, 6.45) is 4.58. The van der Waals surface area contributed by atoms with Crippen molar-refractivity contribution in [2.45, 2.75) is 19.4 Å². The Bertz CT molecular complexity index is 514. The Balaban J connectivity index is 2.18. The molecule has 1 heterocycles. The maximum Gasteiger partial charge on any atom is 0.0612 e. The number of nitrogens with one attached hydrogen (secondary N) is 1. The third-order valence-electron chi connectivity index (χ3n) is 2.78. The van der Waals surface area contributed by atoms with Crippen LogP contribution in [-0.4, -0.2) is 4.98 Å². The lowest BCUT2D eigenvalue weighted by Crippen LogP contribution is -2.09. The van der Waals surface area contributed by atoms with Gasteiger partial charge in [0.25, 0.3) is 0 Å². The van der Waals surface area contributed by atoms with Crippen molar-refractivity contribution in [3.05, 3.63) is 58.3 Å². The number of pyridine rings is 1. The van der Waals surface area contributed by atoms with Gasteiger partial charge in [0, 0.05) is 18.1 Å². The molecule has 0 spiro atoms. The summed E-state index contributed by atoms with van der Waals surface area (Å²) in [6, 6.07) is 9.83. The molecule has 0 saturated carbocycles. The Kier molecular flexibility index (Phi) is 4.45. The zero-order chi connectivity index (χ0) is 13.0. The van der Waals surface area contributed by atoms with Crippen molar-refractivity contribution in [2.75, 3.05) is 5.32 Å². The number of anilines is 1. The number of hydrogen-bond donors (Lipinski definition) is 1. The molecule has 1 aromatic heterocycles. The van der Waals surface area contributed by atoms with Crippen LogP contribution in [0.3, 0.4) is 0 Å². The van der Waals surface area contributed by atoms with Crippen LogP contribution in [0.25, 0.3) is 0 Å². The minimum absolute atomic E-state index is 0.241. The van der Waals surface area contributed by atoms with Crippen molar-refractivity contribution in [3.8, 4) is 0 Å². The zero-order valence-corrected chi connectivity index (χ0v) is 11.5. The predicted octanol–water partition coefficient (Wildman–Crippen LogP) is 4.95. The Morgan fingerprint density at radius 1 is 1.11 bits per heavy atom. The van der Waals surface area contributed by atoms with Gasteiger partial charge in [-0.15, -0.1) is 0 Å². The molecule has 0 amide bonds. The lowest BCUT2D eigenvalue weighted by molar-refractivity contribution is 0.748. The number of nitrogens with zero attached hydrogens (tertiary/aromatic N) is 1. The van der Waals surface area contributed by atoms with E-state index in [1.807, 2.05) is 24.3 Å². The minimum Gasteiger partial charge on any atom is -0.378 e. The summed E-state index contributed by atoms with van der Waals surface area (Å²) in [5, 5.41) is 4.57. The zero-order valence-electron chi connectivity index (χ0n) is 10.0. The van der Waals surface area contributed by atoms with E-state index in [9.17, 15) is 0 Å². The van der Waals surface area contributed by atoms with E-state index < -0.39 is 0 Å². The van der Waals surface area contributed by atoms with Crippen LogP contribution in [0.15, 0.2) is 42.7 Å². The summed E-state index contributed by atoms with van der Waals surface area (Å²) in [4.78, 5) is 4.03. The third-order valence-corrected chi connectivity index (χ3v) is 3.52. The molecule has 0 aliphatic carbocycles. The maximum absolute atomic E-state index is 6.00. The van der Waals surface area contributed by atoms with Crippen LogP contribution < -0.4 is 5.32 Å². The quantitative estimate of drug-likeness (QED) is 0.857. The van der Waals surface area contributed by atoms with E-state index in [-0.39, 0.29) is 6.04 Å². The van der Waals surface area contributed by atoms with Gasteiger partial charge in [-0.1, -0.05) is 30.1 Å². The Labute approximate surface area is 117 Å². The standard InChI is InChI=1S/C14H14Cl2N2/c1-2-14(10-5-7-17-8-6-10)18-11-3-4-12(15)13(16)9-11/h3-9,14,18H,2H2,1H3. The van der Waals surface area contributed by atoms with E-state index in [1.54, 1.807) is 18.5 Å². The van der Waals surface area contributed by atoms with Gasteiger partial charge >= 0.3 is 0 Å². The van der Waals surface area contributed by atoms with Crippen molar-refractivity contribution < 1.29 is 0 Å². The first kappa shape index (κ1) is 13.2. The largest absolute Gasteiger partial charge is 0.378 e. The molecule has 2 rings (SSSR count). The van der Waals surface area contributed by atoms with E-state index in [2.05, 4.69) is 17.2 Å². The number of benzene rings is 1. The predicted molar refractivity (Wildman–Crippen MR) is 77.4 cm³/mol. The van der Waals surface area contributed by atoms with Gasteiger partial charge in [-0.3, -0.25) is 4.98 Å². The molecule has 0 fully saturated rings. The highest BCUT2D eigenvalue weighted by Crippen LogP contribution is 2.28. The SMILES string of the molecule is CCC(Nc1ccc(Cl)c(Cl)c1)c1ccncc1. The Morgan fingerprint density at radius 2 is 1.83 bits per heavy atom. The third kappa shape index (κ3) is 3.15. The van der Waals surface area contributed by atoms with Gasteiger partial charge in [-0.05, 0) is 42.3 Å². The normalized spacial score (nSPS) is 12.2. The molecule has 0 aliphatic rings. The molecule has 2 nitrogen and oxygen atoms in total. The van der Waals surface area contributed by atoms with Crippen LogP contribution >= 0.6 is 23.2 Å². The van der Waals surface area contributed by atoms with Gasteiger partial charge in [0.2, 0.25) is 0 Å². The highest BCUT2D eigenvalue weighted by molar-refractivity contribution is 6.42. The number of aromatic nitrogens is 1. The van der Waals surface area contributed by atoms with Crippen LogP contribution in [0.5, 0.6) is 0 Å². The van der Waals surface area contributed by atoms with Crippen molar-refractivity contribution in [2.24, 2.45) is 0 Å². The lowest BCUT2D eigenvalue weighted by atomic mass is 10.1. The van der Waals surface area contributed by atoms with Gasteiger partial charge in [0.05, 0.1) is 16.1 Å². The van der Waals surface area contributed by atoms with Crippen molar-refractivity contribution >= 4 is 28.9 Å². The van der Waals surface area contributed by atoms with Gasteiger partial charge in [-0.2, -0.15) is 0 Å². The molecule has 94 valence electrons. The monoisotopic (exact) mass is 280 g/mol. The number of halogens is 2. The summed E-state index contributed by atoms with van der Waals surface area (Å²) in [5.74, 6) is 0. The van der Waals surface area contributed by atoms with Crippen LogP contribution in [0.1, 0.15) is 24.9 Å². The first-order valence-electron chi connectivity index (χ1n) is 5.82. The van der Waals surface area contributed by atoms with Crippen LogP contribution in [0.4, 0.5) is 5.69 Å². The summed E-state index contributed by atoms with van der Waals surface area (Å²) in [6.45, 7) is 2.13. The summed E-state index contributed by atoms with van der Waals surface area (Å²) >= 11 is 11.9. The molecule has 2 aromatic rings. The van der Waals surface area contributed by atoms with Gasteiger partial charge < -0.3 is 5.32 Å². The average Bonchev–Trinajstić information content (AvgIpc) is 2.41. The lowest BCUT2D eigenvalue weighted by Gasteiger charge is -2.18. The molecule has 0 radical (unpaired) electrons. The van der Waals surface area contributed by atoms with Crippen LogP contribution in [0.2, 0.25) is 10.0 Å². The maximum atomic E-state index is 6.00. The number of hydrogen-bond acceptors (Lipinski definition) is 2. The summed E-state index contributed by atoms with van der Waals surface area (Å²) in [5.41, 5.74) is 2.17. The second kappa shape index (κ2) is 6.07. The first-order valence-corrected chi connectivity index (χ1v) is 6.58. The van der Waals surface area contributed by atoms with Crippen LogP contribution in [0, 0.1) is 0 Å². The highest BCUT2D eigenvalue weighted by Gasteiger charge is 2.09. The molecular weight excluding hydrogens is 267 g/mol. The molecule has 0 saturated heterocycles. The Hall–Kier alpha value is -1.25. The number of rotatable bonds is 4. The summed E-state index contributed by atoms with van der Waals surface area (Å²) < 4.78 is 0. The molecule has 1 aromatic carbocycles. The fourth-order valence-corrected chi connectivity index (χ4v) is 2.10. The van der Waals surface area contributed by atoms with Crippen molar-refractivity contribution in [1.82, 2.24) is 4.98 Å². The molecule has 1 atom stereocenters. The smallest absolute Gasteiger partial charge is 0.0612 e. The molecule has 0 aliphatic heterocycles. The van der Waals surface area contributed by atoms with E-state index in [0.717, 1.165) is 12.1 Å². The minimum atomic E-state index is 0.241. The molecule has 4 heteroatoms. The van der Waals surface area contributed by atoms with Gasteiger partial charge in [-0.25, -0.2) is 0 Å². The van der Waals surface area contributed by atoms with E-state index in [0.29, 0.717) is 10.0 Å².